The molecule has 0 radical (unpaired) electrons. The van der Waals surface area contributed by atoms with E-state index < -0.39 is 11.7 Å². The van der Waals surface area contributed by atoms with Gasteiger partial charge in [-0.2, -0.15) is 13.2 Å². The fourth-order valence-electron chi connectivity index (χ4n) is 2.05. The first-order valence-electron chi connectivity index (χ1n) is 7.40. The average molecular weight is 349 g/mol. The molecule has 0 spiro atoms. The van der Waals surface area contributed by atoms with Crippen LogP contribution in [0.1, 0.15) is 13.8 Å². The van der Waals surface area contributed by atoms with Gasteiger partial charge < -0.3 is 9.30 Å². The van der Waals surface area contributed by atoms with Gasteiger partial charge in [0.1, 0.15) is 5.75 Å². The molecule has 0 bridgehead atoms. The predicted octanol–water partition coefficient (Wildman–Crippen LogP) is 5.04. The van der Waals surface area contributed by atoms with Crippen LogP contribution in [0.25, 0.3) is 11.0 Å². The van der Waals surface area contributed by atoms with Crippen LogP contribution in [0.5, 0.6) is 5.75 Å². The predicted molar refractivity (Wildman–Crippen MR) is 92.6 cm³/mol. The van der Waals surface area contributed by atoms with Gasteiger partial charge in [-0.05, 0) is 38.8 Å². The minimum absolute atomic E-state index is 0.0334. The molecule has 0 fully saturated rings. The van der Waals surface area contributed by atoms with E-state index in [-0.39, 0.29) is 5.88 Å². The number of ether oxygens (including phenoxy) is 1. The Morgan fingerprint density at radius 1 is 1.32 bits per heavy atom. The molecule has 0 aliphatic rings. The van der Waals surface area contributed by atoms with Crippen molar-refractivity contribution in [3.63, 3.8) is 0 Å². The Labute approximate surface area is 143 Å². The van der Waals surface area contributed by atoms with E-state index in [9.17, 15) is 13.2 Å². The molecule has 7 heteroatoms. The maximum atomic E-state index is 12.5. The Balaban J connectivity index is 2.28. The van der Waals surface area contributed by atoms with Gasteiger partial charge in [-0.15, -0.1) is 0 Å². The molecule has 2 rings (SSSR count). The molecule has 0 aliphatic carbocycles. The summed E-state index contributed by atoms with van der Waals surface area (Å²) in [5.41, 5.74) is 1.81. The number of nitrogens with zero attached hydrogens (tertiary/aromatic N) is 3. The number of hydrogen-bond donors (Lipinski definition) is 0. The van der Waals surface area contributed by atoms with Crippen LogP contribution in [0.3, 0.4) is 0 Å². The lowest BCUT2D eigenvalue weighted by Gasteiger charge is -2.08. The molecule has 0 saturated heterocycles. The molecule has 0 unspecified atom stereocenters. The van der Waals surface area contributed by atoms with Crippen LogP contribution in [0.2, 0.25) is 0 Å². The van der Waals surface area contributed by atoms with Gasteiger partial charge in [0.05, 0.1) is 17.4 Å². The smallest absolute Gasteiger partial charge is 0.412 e. The molecule has 1 aromatic carbocycles. The zero-order valence-electron chi connectivity index (χ0n) is 14.0. The minimum Gasteiger partial charge on any atom is -0.439 e. The Bertz CT molecular complexity index is 860. The summed E-state index contributed by atoms with van der Waals surface area (Å²) in [6.45, 7) is 10.7. The number of allylic oxidation sites excluding steroid dienone is 4. The van der Waals surface area contributed by atoms with Crippen molar-refractivity contribution in [2.24, 2.45) is 4.99 Å². The summed E-state index contributed by atoms with van der Waals surface area (Å²) >= 11 is 0. The second kappa shape index (κ2) is 7.38. The van der Waals surface area contributed by atoms with Gasteiger partial charge >= 0.3 is 6.18 Å². The van der Waals surface area contributed by atoms with Crippen LogP contribution < -0.4 is 4.74 Å². The van der Waals surface area contributed by atoms with E-state index in [1.165, 1.54) is 0 Å². The SMILES string of the molecule is C=N/C(=C\C=C(/C)C(F)(F)F)Oc1ccc2ncn(CC(=C)C)c2c1. The maximum absolute atomic E-state index is 12.5. The summed E-state index contributed by atoms with van der Waals surface area (Å²) in [6, 6.07) is 5.17. The Kier molecular flexibility index (Phi) is 5.46. The fraction of sp³-hybridized carbons (Fsp3) is 0.222. The lowest BCUT2D eigenvalue weighted by molar-refractivity contribution is -0.0913. The number of fused-ring (bicyclic) bond motifs is 1. The van der Waals surface area contributed by atoms with Gasteiger partial charge in [0.2, 0.25) is 5.88 Å². The van der Waals surface area contributed by atoms with Crippen LogP contribution in [0.15, 0.2) is 65.3 Å². The van der Waals surface area contributed by atoms with E-state index in [2.05, 4.69) is 23.3 Å². The summed E-state index contributed by atoms with van der Waals surface area (Å²) in [5.74, 6) is 0.390. The molecule has 2 aromatic rings. The van der Waals surface area contributed by atoms with E-state index in [1.807, 2.05) is 11.5 Å². The number of rotatable bonds is 6. The van der Waals surface area contributed by atoms with Gasteiger partial charge in [-0.3, -0.25) is 0 Å². The molecule has 4 nitrogen and oxygen atoms in total. The summed E-state index contributed by atoms with van der Waals surface area (Å²) in [6.07, 6.45) is -0.670. The molecule has 0 aliphatic heterocycles. The highest BCUT2D eigenvalue weighted by atomic mass is 19.4. The van der Waals surface area contributed by atoms with Gasteiger partial charge in [0.25, 0.3) is 0 Å². The quantitative estimate of drug-likeness (QED) is 0.317. The van der Waals surface area contributed by atoms with E-state index in [1.54, 1.807) is 24.5 Å². The molecular weight excluding hydrogens is 331 g/mol. The number of imidazole rings is 1. The Morgan fingerprint density at radius 3 is 2.64 bits per heavy atom. The largest absolute Gasteiger partial charge is 0.439 e. The van der Waals surface area contributed by atoms with Gasteiger partial charge in [-0.1, -0.05) is 12.2 Å². The van der Waals surface area contributed by atoms with Crippen LogP contribution in [-0.2, 0) is 6.54 Å². The van der Waals surface area contributed by atoms with Gasteiger partial charge in [-0.25, -0.2) is 9.98 Å². The third-order valence-electron chi connectivity index (χ3n) is 3.33. The summed E-state index contributed by atoms with van der Waals surface area (Å²) < 4.78 is 45.0. The van der Waals surface area contributed by atoms with Crippen LogP contribution in [0, 0.1) is 0 Å². The first-order valence-corrected chi connectivity index (χ1v) is 7.40. The zero-order chi connectivity index (χ0) is 18.6. The minimum atomic E-state index is -4.39. The first kappa shape index (κ1) is 18.5. The number of halogens is 3. The van der Waals surface area contributed by atoms with Crippen LogP contribution in [-0.4, -0.2) is 22.4 Å². The van der Waals surface area contributed by atoms with E-state index in [4.69, 9.17) is 4.74 Å². The second-order valence-corrected chi connectivity index (χ2v) is 5.59. The maximum Gasteiger partial charge on any atom is 0.412 e. The fourth-order valence-corrected chi connectivity index (χ4v) is 2.05. The van der Waals surface area contributed by atoms with Crippen LogP contribution in [0.4, 0.5) is 13.2 Å². The standard InChI is InChI=1S/C18H18F3N3O/c1-12(2)10-24-11-23-15-7-6-14(9-16(15)24)25-17(22-4)8-5-13(3)18(19,20)21/h5-9,11H,1,4,10H2,2-3H3/b13-5+,17-8+. The van der Waals surface area contributed by atoms with Crippen LogP contribution >= 0.6 is 0 Å². The Hall–Kier alpha value is -2.83. The highest BCUT2D eigenvalue weighted by Crippen LogP contribution is 2.26. The van der Waals surface area contributed by atoms with Crippen molar-refractivity contribution in [2.75, 3.05) is 0 Å². The lowest BCUT2D eigenvalue weighted by Crippen LogP contribution is -2.08. The molecular formula is C18H18F3N3O. The molecule has 0 saturated carbocycles. The van der Waals surface area contributed by atoms with Gasteiger partial charge in [0.15, 0.2) is 0 Å². The number of aliphatic imine (C=N–C) groups is 1. The van der Waals surface area contributed by atoms with Crippen molar-refractivity contribution in [2.45, 2.75) is 26.6 Å². The molecule has 132 valence electrons. The Morgan fingerprint density at radius 2 is 2.04 bits per heavy atom. The molecule has 0 atom stereocenters. The molecule has 25 heavy (non-hydrogen) atoms. The van der Waals surface area contributed by atoms with Crippen molar-refractivity contribution in [1.82, 2.24) is 9.55 Å². The third-order valence-corrected chi connectivity index (χ3v) is 3.33. The summed E-state index contributed by atoms with van der Waals surface area (Å²) in [7, 11) is 0. The highest BCUT2D eigenvalue weighted by Gasteiger charge is 2.29. The number of benzene rings is 1. The van der Waals surface area contributed by atoms with Crippen molar-refractivity contribution in [3.8, 4) is 5.75 Å². The zero-order valence-corrected chi connectivity index (χ0v) is 14.0. The molecule has 0 amide bonds. The first-order chi connectivity index (χ1) is 11.7. The van der Waals surface area contributed by atoms with E-state index in [0.29, 0.717) is 12.3 Å². The third kappa shape index (κ3) is 4.82. The molecule has 1 aromatic heterocycles. The number of aromatic nitrogens is 2. The van der Waals surface area contributed by atoms with Crippen molar-refractivity contribution in [1.29, 1.82) is 0 Å². The topological polar surface area (TPSA) is 39.4 Å². The van der Waals surface area contributed by atoms with Crippen molar-refractivity contribution >= 4 is 17.8 Å². The summed E-state index contributed by atoms with van der Waals surface area (Å²) in [4.78, 5) is 7.90. The van der Waals surface area contributed by atoms with Crippen molar-refractivity contribution < 1.29 is 17.9 Å². The number of alkyl halides is 3. The molecule has 0 N–H and O–H groups in total. The van der Waals surface area contributed by atoms with Crippen molar-refractivity contribution in [3.05, 3.63) is 60.3 Å². The monoisotopic (exact) mass is 349 g/mol. The van der Waals surface area contributed by atoms with Gasteiger partial charge in [0, 0.05) is 24.3 Å². The lowest BCUT2D eigenvalue weighted by atomic mass is 10.2. The summed E-state index contributed by atoms with van der Waals surface area (Å²) in [5, 5.41) is 0. The molecule has 1 heterocycles. The second-order valence-electron chi connectivity index (χ2n) is 5.59. The van der Waals surface area contributed by atoms with E-state index in [0.717, 1.165) is 35.7 Å². The normalized spacial score (nSPS) is 13.2. The number of hydrogen-bond acceptors (Lipinski definition) is 3. The average Bonchev–Trinajstić information content (AvgIpc) is 2.91. The van der Waals surface area contributed by atoms with E-state index >= 15 is 0 Å². The highest BCUT2D eigenvalue weighted by molar-refractivity contribution is 5.77.